The van der Waals surface area contributed by atoms with Crippen LogP contribution in [0.5, 0.6) is 0 Å². The Bertz CT molecular complexity index is 936. The minimum absolute atomic E-state index is 0.117. The van der Waals surface area contributed by atoms with Crippen molar-refractivity contribution in [3.63, 3.8) is 0 Å². The fourth-order valence-corrected chi connectivity index (χ4v) is 5.46. The summed E-state index contributed by atoms with van der Waals surface area (Å²) in [6.07, 6.45) is 1.32. The number of carbonyl (C=O) groups excluding carboxylic acids is 1. The summed E-state index contributed by atoms with van der Waals surface area (Å²) in [4.78, 5) is 12.5. The Hall–Kier alpha value is -1.60. The van der Waals surface area contributed by atoms with E-state index < -0.39 is 10.0 Å². The Labute approximate surface area is 175 Å². The van der Waals surface area contributed by atoms with Gasteiger partial charge in [0, 0.05) is 29.7 Å². The third-order valence-corrected chi connectivity index (χ3v) is 7.19. The van der Waals surface area contributed by atoms with Gasteiger partial charge in [-0.25, -0.2) is 12.7 Å². The molecule has 1 fully saturated rings. The first-order valence-electron chi connectivity index (χ1n) is 9.08. The molecule has 0 radical (unpaired) electrons. The van der Waals surface area contributed by atoms with Gasteiger partial charge in [-0.2, -0.15) is 0 Å². The zero-order valence-electron chi connectivity index (χ0n) is 15.3. The van der Waals surface area contributed by atoms with Crippen LogP contribution < -0.4 is 5.32 Å². The van der Waals surface area contributed by atoms with Crippen molar-refractivity contribution in [2.75, 3.05) is 13.1 Å². The molecule has 1 N–H and O–H groups in total. The molecule has 28 heavy (non-hydrogen) atoms. The third kappa shape index (κ3) is 5.47. The lowest BCUT2D eigenvalue weighted by atomic mass is 9.99. The zero-order valence-corrected chi connectivity index (χ0v) is 17.6. The topological polar surface area (TPSA) is 66.5 Å². The van der Waals surface area contributed by atoms with E-state index in [4.69, 9.17) is 23.2 Å². The first kappa shape index (κ1) is 21.1. The molecule has 1 heterocycles. The van der Waals surface area contributed by atoms with E-state index in [2.05, 4.69) is 5.32 Å². The number of nitrogens with zero attached hydrogens (tertiary/aromatic N) is 1. The van der Waals surface area contributed by atoms with E-state index in [0.717, 1.165) is 5.56 Å². The molecule has 5 nitrogen and oxygen atoms in total. The molecule has 150 valence electrons. The Balaban J connectivity index is 1.62. The SMILES string of the molecule is O=C(NCc1ccccc1)C1CCCN(S(=O)(=O)Cc2ccc(Cl)cc2Cl)C1. The van der Waals surface area contributed by atoms with E-state index in [-0.39, 0.29) is 24.1 Å². The maximum atomic E-state index is 12.8. The molecule has 1 aliphatic heterocycles. The maximum absolute atomic E-state index is 12.8. The van der Waals surface area contributed by atoms with Gasteiger partial charge in [0.05, 0.1) is 11.7 Å². The molecule has 0 aliphatic carbocycles. The van der Waals surface area contributed by atoms with Gasteiger partial charge in [0.1, 0.15) is 0 Å². The van der Waals surface area contributed by atoms with Gasteiger partial charge in [-0.1, -0.05) is 59.6 Å². The van der Waals surface area contributed by atoms with Crippen LogP contribution in [0.4, 0.5) is 0 Å². The Kier molecular flexibility index (Phi) is 6.99. The lowest BCUT2D eigenvalue weighted by Crippen LogP contribution is -2.45. The van der Waals surface area contributed by atoms with Crippen LogP contribution in [0.1, 0.15) is 24.0 Å². The minimum atomic E-state index is -3.58. The van der Waals surface area contributed by atoms with Crippen molar-refractivity contribution in [3.8, 4) is 0 Å². The molecule has 0 aromatic heterocycles. The van der Waals surface area contributed by atoms with E-state index in [1.807, 2.05) is 30.3 Å². The Morgan fingerprint density at radius 2 is 1.89 bits per heavy atom. The zero-order chi connectivity index (χ0) is 20.1. The van der Waals surface area contributed by atoms with Crippen molar-refractivity contribution in [2.45, 2.75) is 25.1 Å². The molecule has 1 atom stereocenters. The summed E-state index contributed by atoms with van der Waals surface area (Å²) in [6, 6.07) is 14.4. The van der Waals surface area contributed by atoms with Gasteiger partial charge in [0.15, 0.2) is 0 Å². The highest BCUT2D eigenvalue weighted by molar-refractivity contribution is 7.88. The summed E-state index contributed by atoms with van der Waals surface area (Å²) < 4.78 is 27.1. The van der Waals surface area contributed by atoms with Crippen molar-refractivity contribution in [2.24, 2.45) is 5.92 Å². The minimum Gasteiger partial charge on any atom is -0.352 e. The Morgan fingerprint density at radius 3 is 2.61 bits per heavy atom. The molecular weight excluding hydrogens is 419 g/mol. The first-order valence-corrected chi connectivity index (χ1v) is 11.4. The van der Waals surface area contributed by atoms with E-state index in [1.54, 1.807) is 12.1 Å². The van der Waals surface area contributed by atoms with Gasteiger partial charge in [-0.05, 0) is 36.1 Å². The number of hydrogen-bond acceptors (Lipinski definition) is 3. The van der Waals surface area contributed by atoms with Gasteiger partial charge in [0.2, 0.25) is 15.9 Å². The standard InChI is InChI=1S/C20H22Cl2N2O3S/c21-18-9-8-17(19(22)11-18)14-28(26,27)24-10-4-7-16(13-24)20(25)23-12-15-5-2-1-3-6-15/h1-3,5-6,8-9,11,16H,4,7,10,12-14H2,(H,23,25). The van der Waals surface area contributed by atoms with Crippen molar-refractivity contribution < 1.29 is 13.2 Å². The van der Waals surface area contributed by atoms with Crippen LogP contribution in [0.15, 0.2) is 48.5 Å². The molecule has 0 bridgehead atoms. The largest absolute Gasteiger partial charge is 0.352 e. The average molecular weight is 441 g/mol. The van der Waals surface area contributed by atoms with Crippen LogP contribution in [-0.2, 0) is 27.1 Å². The second-order valence-electron chi connectivity index (χ2n) is 6.89. The number of benzene rings is 2. The van der Waals surface area contributed by atoms with Crippen LogP contribution >= 0.6 is 23.2 Å². The number of sulfonamides is 1. The van der Waals surface area contributed by atoms with Crippen molar-refractivity contribution in [1.82, 2.24) is 9.62 Å². The number of rotatable bonds is 6. The summed E-state index contributed by atoms with van der Waals surface area (Å²) in [7, 11) is -3.58. The van der Waals surface area contributed by atoms with E-state index in [9.17, 15) is 13.2 Å². The lowest BCUT2D eigenvalue weighted by Gasteiger charge is -2.31. The molecule has 1 aliphatic rings. The number of nitrogens with one attached hydrogen (secondary N) is 1. The highest BCUT2D eigenvalue weighted by Gasteiger charge is 2.32. The Morgan fingerprint density at radius 1 is 1.14 bits per heavy atom. The summed E-state index contributed by atoms with van der Waals surface area (Å²) in [5.74, 6) is -0.678. The van der Waals surface area contributed by atoms with Crippen LogP contribution in [0, 0.1) is 5.92 Å². The lowest BCUT2D eigenvalue weighted by molar-refractivity contribution is -0.126. The normalized spacial score (nSPS) is 18.0. The predicted octanol–water partition coefficient (Wildman–Crippen LogP) is 3.85. The molecule has 1 amide bonds. The first-order chi connectivity index (χ1) is 13.3. The molecule has 1 saturated heterocycles. The predicted molar refractivity (Wildman–Crippen MR) is 112 cm³/mol. The van der Waals surface area contributed by atoms with Crippen LogP contribution in [0.2, 0.25) is 10.0 Å². The van der Waals surface area contributed by atoms with E-state index in [1.165, 1.54) is 10.4 Å². The van der Waals surface area contributed by atoms with E-state index in [0.29, 0.717) is 41.5 Å². The number of hydrogen-bond donors (Lipinski definition) is 1. The summed E-state index contributed by atoms with van der Waals surface area (Å²) in [6.45, 7) is 1.04. The van der Waals surface area contributed by atoms with Gasteiger partial charge in [0.25, 0.3) is 0 Å². The van der Waals surface area contributed by atoms with Crippen molar-refractivity contribution in [1.29, 1.82) is 0 Å². The van der Waals surface area contributed by atoms with Crippen molar-refractivity contribution in [3.05, 3.63) is 69.7 Å². The molecule has 8 heteroatoms. The van der Waals surface area contributed by atoms with Crippen LogP contribution in [-0.4, -0.2) is 31.7 Å². The number of halogens is 2. The molecule has 1 unspecified atom stereocenters. The third-order valence-electron chi connectivity index (χ3n) is 4.81. The number of piperidine rings is 1. The van der Waals surface area contributed by atoms with Gasteiger partial charge < -0.3 is 5.32 Å². The highest BCUT2D eigenvalue weighted by Crippen LogP contribution is 2.26. The highest BCUT2D eigenvalue weighted by atomic mass is 35.5. The second-order valence-corrected chi connectivity index (χ2v) is 9.71. The molecule has 0 spiro atoms. The summed E-state index contributed by atoms with van der Waals surface area (Å²) in [5, 5.41) is 3.69. The molecule has 3 rings (SSSR count). The molecular formula is C20H22Cl2N2O3S. The van der Waals surface area contributed by atoms with Gasteiger partial charge >= 0.3 is 0 Å². The van der Waals surface area contributed by atoms with E-state index >= 15 is 0 Å². The number of carbonyl (C=O) groups is 1. The quantitative estimate of drug-likeness (QED) is 0.741. The molecule has 0 saturated carbocycles. The van der Waals surface area contributed by atoms with Gasteiger partial charge in [-0.15, -0.1) is 0 Å². The van der Waals surface area contributed by atoms with Crippen LogP contribution in [0.3, 0.4) is 0 Å². The maximum Gasteiger partial charge on any atom is 0.224 e. The smallest absolute Gasteiger partial charge is 0.224 e. The fourth-order valence-electron chi connectivity index (χ4n) is 3.26. The second kappa shape index (κ2) is 9.27. The number of amides is 1. The average Bonchev–Trinajstić information content (AvgIpc) is 2.69. The molecule has 2 aromatic rings. The monoisotopic (exact) mass is 440 g/mol. The summed E-state index contributed by atoms with van der Waals surface area (Å²) >= 11 is 12.0. The van der Waals surface area contributed by atoms with Gasteiger partial charge in [-0.3, -0.25) is 4.79 Å². The van der Waals surface area contributed by atoms with Crippen LogP contribution in [0.25, 0.3) is 0 Å². The molecule has 2 aromatic carbocycles. The summed E-state index contributed by atoms with van der Waals surface area (Å²) in [5.41, 5.74) is 1.51. The fraction of sp³-hybridized carbons (Fsp3) is 0.350. The van der Waals surface area contributed by atoms with Crippen molar-refractivity contribution >= 4 is 39.1 Å².